The average molecular weight is 445 g/mol. The number of hydrogen-bond acceptors (Lipinski definition) is 4. The summed E-state index contributed by atoms with van der Waals surface area (Å²) in [5.41, 5.74) is 2.94. The Labute approximate surface area is 171 Å². The molecule has 1 amide bonds. The van der Waals surface area contributed by atoms with E-state index < -0.39 is 0 Å². The molecule has 2 heterocycles. The van der Waals surface area contributed by atoms with Crippen molar-refractivity contribution < 1.29 is 9.21 Å². The smallest absolute Gasteiger partial charge is 0.232 e. The SMILES string of the molecule is Cc1cc(Br)ccc1SCC(=O)N1CCC(c2nc3ccccc3o2)CC1. The summed E-state index contributed by atoms with van der Waals surface area (Å²) in [7, 11) is 0. The molecular weight excluding hydrogens is 424 g/mol. The first kappa shape index (κ1) is 18.6. The van der Waals surface area contributed by atoms with E-state index in [-0.39, 0.29) is 5.91 Å². The van der Waals surface area contributed by atoms with Crippen LogP contribution in [0.3, 0.4) is 0 Å². The third kappa shape index (κ3) is 4.22. The molecular formula is C21H21BrN2O2S. The quantitative estimate of drug-likeness (QED) is 0.505. The molecule has 1 aliphatic rings. The second kappa shape index (κ2) is 8.07. The predicted octanol–water partition coefficient (Wildman–Crippen LogP) is 5.40. The number of amides is 1. The molecule has 3 aromatic rings. The molecule has 1 fully saturated rings. The van der Waals surface area contributed by atoms with E-state index in [0.29, 0.717) is 11.7 Å². The number of carbonyl (C=O) groups excluding carboxylic acids is 1. The largest absolute Gasteiger partial charge is 0.440 e. The maximum atomic E-state index is 12.6. The van der Waals surface area contributed by atoms with Gasteiger partial charge in [-0.1, -0.05) is 28.1 Å². The van der Waals surface area contributed by atoms with Crippen LogP contribution in [0.1, 0.15) is 30.2 Å². The van der Waals surface area contributed by atoms with Crippen LogP contribution in [0.2, 0.25) is 0 Å². The highest BCUT2D eigenvalue weighted by molar-refractivity contribution is 9.10. The maximum absolute atomic E-state index is 12.6. The van der Waals surface area contributed by atoms with E-state index in [1.807, 2.05) is 35.2 Å². The van der Waals surface area contributed by atoms with Gasteiger partial charge in [0, 0.05) is 28.4 Å². The van der Waals surface area contributed by atoms with Crippen molar-refractivity contribution in [1.29, 1.82) is 0 Å². The first-order valence-corrected chi connectivity index (χ1v) is 10.9. The van der Waals surface area contributed by atoms with E-state index in [2.05, 4.69) is 40.0 Å². The van der Waals surface area contributed by atoms with Gasteiger partial charge < -0.3 is 9.32 Å². The lowest BCUT2D eigenvalue weighted by molar-refractivity contribution is -0.129. The van der Waals surface area contributed by atoms with Crippen LogP contribution in [0.15, 0.2) is 56.2 Å². The zero-order valence-corrected chi connectivity index (χ0v) is 17.6. The number of para-hydroxylation sites is 2. The summed E-state index contributed by atoms with van der Waals surface area (Å²) in [5, 5.41) is 0. The number of halogens is 1. The Kier molecular flexibility index (Phi) is 5.55. The molecule has 0 atom stereocenters. The Hall–Kier alpha value is -1.79. The van der Waals surface area contributed by atoms with Crippen molar-refractivity contribution in [3.05, 3.63) is 58.4 Å². The van der Waals surface area contributed by atoms with Gasteiger partial charge in [-0.3, -0.25) is 4.79 Å². The van der Waals surface area contributed by atoms with Gasteiger partial charge in [-0.25, -0.2) is 4.98 Å². The van der Waals surface area contributed by atoms with Gasteiger partial charge in [0.05, 0.1) is 5.75 Å². The second-order valence-corrected chi connectivity index (χ2v) is 8.81. The lowest BCUT2D eigenvalue weighted by Crippen LogP contribution is -2.39. The normalized spacial score (nSPS) is 15.4. The lowest BCUT2D eigenvalue weighted by atomic mass is 9.97. The van der Waals surface area contributed by atoms with Crippen LogP contribution in [0.5, 0.6) is 0 Å². The summed E-state index contributed by atoms with van der Waals surface area (Å²) in [6.07, 6.45) is 1.81. The number of aromatic nitrogens is 1. The summed E-state index contributed by atoms with van der Waals surface area (Å²) in [5.74, 6) is 1.79. The highest BCUT2D eigenvalue weighted by Crippen LogP contribution is 2.31. The molecule has 1 aromatic heterocycles. The number of fused-ring (bicyclic) bond motifs is 1. The number of hydrogen-bond donors (Lipinski definition) is 0. The average Bonchev–Trinajstić information content (AvgIpc) is 3.11. The molecule has 27 heavy (non-hydrogen) atoms. The van der Waals surface area contributed by atoms with Gasteiger partial charge in [-0.2, -0.15) is 0 Å². The van der Waals surface area contributed by atoms with Gasteiger partial charge in [0.2, 0.25) is 5.91 Å². The molecule has 0 radical (unpaired) electrons. The van der Waals surface area contributed by atoms with Gasteiger partial charge >= 0.3 is 0 Å². The van der Waals surface area contributed by atoms with Gasteiger partial charge in [-0.05, 0) is 55.7 Å². The summed E-state index contributed by atoms with van der Waals surface area (Å²) >= 11 is 5.09. The van der Waals surface area contributed by atoms with Gasteiger partial charge in [0.25, 0.3) is 0 Å². The molecule has 0 spiro atoms. The molecule has 2 aromatic carbocycles. The fourth-order valence-electron chi connectivity index (χ4n) is 3.45. The van der Waals surface area contributed by atoms with Crippen LogP contribution >= 0.6 is 27.7 Å². The molecule has 0 saturated carbocycles. The maximum Gasteiger partial charge on any atom is 0.232 e. The Balaban J connectivity index is 1.32. The minimum atomic E-state index is 0.207. The molecule has 4 nitrogen and oxygen atoms in total. The van der Waals surface area contributed by atoms with E-state index in [9.17, 15) is 4.79 Å². The molecule has 0 bridgehead atoms. The number of likely N-dealkylation sites (tertiary alicyclic amines) is 1. The molecule has 0 N–H and O–H groups in total. The topological polar surface area (TPSA) is 46.3 Å². The molecule has 1 saturated heterocycles. The van der Waals surface area contributed by atoms with Crippen LogP contribution in [0.4, 0.5) is 0 Å². The Morgan fingerprint density at radius 2 is 2.04 bits per heavy atom. The number of piperidine rings is 1. The van der Waals surface area contributed by atoms with Crippen molar-refractivity contribution in [2.24, 2.45) is 0 Å². The van der Waals surface area contributed by atoms with Crippen LogP contribution in [0.25, 0.3) is 11.1 Å². The molecule has 0 unspecified atom stereocenters. The monoisotopic (exact) mass is 444 g/mol. The predicted molar refractivity (Wildman–Crippen MR) is 112 cm³/mol. The highest BCUT2D eigenvalue weighted by Gasteiger charge is 2.27. The van der Waals surface area contributed by atoms with Gasteiger partial charge in [0.15, 0.2) is 11.5 Å². The highest BCUT2D eigenvalue weighted by atomic mass is 79.9. The summed E-state index contributed by atoms with van der Waals surface area (Å²) < 4.78 is 6.98. The van der Waals surface area contributed by atoms with Crippen molar-refractivity contribution >= 4 is 44.7 Å². The molecule has 1 aliphatic heterocycles. The Bertz CT molecular complexity index is 931. The number of thioether (sulfide) groups is 1. The summed E-state index contributed by atoms with van der Waals surface area (Å²) in [6, 6.07) is 14.0. The molecule has 4 rings (SSSR count). The van der Waals surface area contributed by atoms with Crippen LogP contribution in [0, 0.1) is 6.92 Å². The third-order valence-corrected chi connectivity index (χ3v) is 6.65. The zero-order chi connectivity index (χ0) is 18.8. The first-order chi connectivity index (χ1) is 13.1. The van der Waals surface area contributed by atoms with E-state index in [1.165, 1.54) is 5.56 Å². The second-order valence-electron chi connectivity index (χ2n) is 6.87. The molecule has 6 heteroatoms. The van der Waals surface area contributed by atoms with Crippen LogP contribution in [-0.4, -0.2) is 34.6 Å². The van der Waals surface area contributed by atoms with Crippen LogP contribution in [-0.2, 0) is 4.79 Å². The number of carbonyl (C=O) groups is 1. The van der Waals surface area contributed by atoms with Crippen LogP contribution < -0.4 is 0 Å². The number of nitrogens with zero attached hydrogens (tertiary/aromatic N) is 2. The number of oxazole rings is 1. The third-order valence-electron chi connectivity index (χ3n) is 5.00. The minimum absolute atomic E-state index is 0.207. The fourth-order valence-corrected chi connectivity index (χ4v) is 4.83. The Morgan fingerprint density at radius 3 is 2.78 bits per heavy atom. The zero-order valence-electron chi connectivity index (χ0n) is 15.2. The number of aryl methyl sites for hydroxylation is 1. The van der Waals surface area contributed by atoms with E-state index in [4.69, 9.17) is 4.42 Å². The van der Waals surface area contributed by atoms with Crippen molar-refractivity contribution in [3.8, 4) is 0 Å². The van der Waals surface area contributed by atoms with Crippen molar-refractivity contribution in [1.82, 2.24) is 9.88 Å². The van der Waals surface area contributed by atoms with Crippen molar-refractivity contribution in [3.63, 3.8) is 0 Å². The van der Waals surface area contributed by atoms with E-state index in [0.717, 1.165) is 52.3 Å². The summed E-state index contributed by atoms with van der Waals surface area (Å²) in [4.78, 5) is 20.3. The van der Waals surface area contributed by atoms with Crippen molar-refractivity contribution in [2.75, 3.05) is 18.8 Å². The van der Waals surface area contributed by atoms with Gasteiger partial charge in [0.1, 0.15) is 5.52 Å². The van der Waals surface area contributed by atoms with Crippen molar-refractivity contribution in [2.45, 2.75) is 30.6 Å². The Morgan fingerprint density at radius 1 is 1.26 bits per heavy atom. The molecule has 0 aliphatic carbocycles. The summed E-state index contributed by atoms with van der Waals surface area (Å²) in [6.45, 7) is 3.60. The van der Waals surface area contributed by atoms with Gasteiger partial charge in [-0.15, -0.1) is 11.8 Å². The standard InChI is InChI=1S/C21H21BrN2O2S/c1-14-12-16(22)6-7-19(14)27-13-20(25)24-10-8-15(9-11-24)21-23-17-4-2-3-5-18(17)26-21/h2-7,12,15H,8-11,13H2,1H3. The minimum Gasteiger partial charge on any atom is -0.440 e. The van der Waals surface area contributed by atoms with E-state index in [1.54, 1.807) is 11.8 Å². The fraction of sp³-hybridized carbons (Fsp3) is 0.333. The lowest BCUT2D eigenvalue weighted by Gasteiger charge is -2.30. The number of benzene rings is 2. The molecule has 140 valence electrons. The number of rotatable bonds is 4. The van der Waals surface area contributed by atoms with E-state index >= 15 is 0 Å². The first-order valence-electron chi connectivity index (χ1n) is 9.12.